The fourth-order valence-corrected chi connectivity index (χ4v) is 2.46. The minimum absolute atomic E-state index is 0.761. The minimum Gasteiger partial charge on any atom is -0.467 e. The highest BCUT2D eigenvalue weighted by Gasteiger charge is 2.17. The Hall–Kier alpha value is -1.55. The maximum atomic E-state index is 5.60. The SMILES string of the molecule is CCCn1nc(C)c(-c2ccoc2CNCC)c1C. The fraction of sp³-hybridized carbons (Fsp3) is 0.533. The third-order valence-corrected chi connectivity index (χ3v) is 3.37. The van der Waals surface area contributed by atoms with Crippen LogP contribution < -0.4 is 5.32 Å². The number of aryl methyl sites for hydroxylation is 2. The van der Waals surface area contributed by atoms with Gasteiger partial charge in [0.05, 0.1) is 18.5 Å². The van der Waals surface area contributed by atoms with Crippen molar-refractivity contribution < 1.29 is 4.42 Å². The van der Waals surface area contributed by atoms with Gasteiger partial charge in [0, 0.05) is 23.4 Å². The summed E-state index contributed by atoms with van der Waals surface area (Å²) in [6, 6.07) is 2.04. The summed E-state index contributed by atoms with van der Waals surface area (Å²) < 4.78 is 7.69. The number of nitrogens with zero attached hydrogens (tertiary/aromatic N) is 2. The van der Waals surface area contributed by atoms with Crippen molar-refractivity contribution in [1.29, 1.82) is 0 Å². The van der Waals surface area contributed by atoms with Crippen molar-refractivity contribution in [2.75, 3.05) is 6.54 Å². The van der Waals surface area contributed by atoms with E-state index in [9.17, 15) is 0 Å². The zero-order valence-corrected chi connectivity index (χ0v) is 12.3. The lowest BCUT2D eigenvalue weighted by Gasteiger charge is -2.05. The topological polar surface area (TPSA) is 43.0 Å². The number of hydrogen-bond acceptors (Lipinski definition) is 3. The number of nitrogens with one attached hydrogen (secondary N) is 1. The lowest BCUT2D eigenvalue weighted by Crippen LogP contribution is -2.11. The summed E-state index contributed by atoms with van der Waals surface area (Å²) in [4.78, 5) is 0. The number of furan rings is 1. The van der Waals surface area contributed by atoms with E-state index in [2.05, 4.69) is 42.8 Å². The molecule has 2 aromatic rings. The van der Waals surface area contributed by atoms with E-state index in [4.69, 9.17) is 4.42 Å². The fourth-order valence-electron chi connectivity index (χ4n) is 2.46. The smallest absolute Gasteiger partial charge is 0.125 e. The first-order chi connectivity index (χ1) is 9.19. The normalized spacial score (nSPS) is 11.2. The van der Waals surface area contributed by atoms with E-state index in [0.717, 1.165) is 37.5 Å². The van der Waals surface area contributed by atoms with Crippen molar-refractivity contribution in [3.8, 4) is 11.1 Å². The second-order valence-corrected chi connectivity index (χ2v) is 4.81. The average molecular weight is 261 g/mol. The summed E-state index contributed by atoms with van der Waals surface area (Å²) in [5, 5.41) is 7.94. The molecule has 2 rings (SSSR count). The van der Waals surface area contributed by atoms with Crippen molar-refractivity contribution in [2.45, 2.75) is 47.2 Å². The molecule has 0 saturated heterocycles. The Morgan fingerprint density at radius 3 is 2.79 bits per heavy atom. The molecule has 0 saturated carbocycles. The van der Waals surface area contributed by atoms with Gasteiger partial charge in [0.2, 0.25) is 0 Å². The molecule has 0 amide bonds. The summed E-state index contributed by atoms with van der Waals surface area (Å²) in [5.74, 6) is 0.990. The maximum absolute atomic E-state index is 5.60. The molecule has 19 heavy (non-hydrogen) atoms. The Bertz CT molecular complexity index is 540. The Morgan fingerprint density at radius 2 is 2.11 bits per heavy atom. The molecule has 0 bridgehead atoms. The summed E-state index contributed by atoms with van der Waals surface area (Å²) >= 11 is 0. The van der Waals surface area contributed by atoms with Crippen LogP contribution in [0.2, 0.25) is 0 Å². The van der Waals surface area contributed by atoms with Gasteiger partial charge in [0.1, 0.15) is 5.76 Å². The van der Waals surface area contributed by atoms with Crippen LogP contribution in [0.4, 0.5) is 0 Å². The summed E-state index contributed by atoms with van der Waals surface area (Å²) in [5.41, 5.74) is 4.68. The third-order valence-electron chi connectivity index (χ3n) is 3.37. The molecular weight excluding hydrogens is 238 g/mol. The molecule has 2 heterocycles. The molecule has 0 aliphatic heterocycles. The monoisotopic (exact) mass is 261 g/mol. The predicted molar refractivity (Wildman–Crippen MR) is 77.1 cm³/mol. The van der Waals surface area contributed by atoms with Crippen molar-refractivity contribution in [3.05, 3.63) is 29.5 Å². The van der Waals surface area contributed by atoms with Gasteiger partial charge in [-0.15, -0.1) is 0 Å². The number of hydrogen-bond donors (Lipinski definition) is 1. The molecule has 0 radical (unpaired) electrons. The zero-order chi connectivity index (χ0) is 13.8. The van der Waals surface area contributed by atoms with Gasteiger partial charge in [-0.2, -0.15) is 5.10 Å². The predicted octanol–water partition coefficient (Wildman–Crippen LogP) is 3.28. The van der Waals surface area contributed by atoms with E-state index in [-0.39, 0.29) is 0 Å². The van der Waals surface area contributed by atoms with E-state index in [1.807, 2.05) is 6.07 Å². The first-order valence-corrected chi connectivity index (χ1v) is 7.00. The summed E-state index contributed by atoms with van der Waals surface area (Å²) in [6.07, 6.45) is 2.86. The first kappa shape index (κ1) is 13.9. The third kappa shape index (κ3) is 2.73. The summed E-state index contributed by atoms with van der Waals surface area (Å²) in [7, 11) is 0. The lowest BCUT2D eigenvalue weighted by molar-refractivity contribution is 0.489. The van der Waals surface area contributed by atoms with Crippen LogP contribution >= 0.6 is 0 Å². The molecule has 2 aromatic heterocycles. The average Bonchev–Trinajstić information content (AvgIpc) is 2.93. The van der Waals surface area contributed by atoms with Crippen LogP contribution in [0.3, 0.4) is 0 Å². The zero-order valence-electron chi connectivity index (χ0n) is 12.3. The van der Waals surface area contributed by atoms with Crippen LogP contribution in [0.1, 0.15) is 37.4 Å². The molecular formula is C15H23N3O. The Morgan fingerprint density at radius 1 is 1.32 bits per heavy atom. The van der Waals surface area contributed by atoms with Gasteiger partial charge in [0.25, 0.3) is 0 Å². The molecule has 104 valence electrons. The van der Waals surface area contributed by atoms with Gasteiger partial charge in [-0.05, 0) is 32.9 Å². The highest BCUT2D eigenvalue weighted by Crippen LogP contribution is 2.30. The minimum atomic E-state index is 0.761. The molecule has 0 aliphatic carbocycles. The quantitative estimate of drug-likeness (QED) is 0.867. The van der Waals surface area contributed by atoms with Gasteiger partial charge < -0.3 is 9.73 Å². The standard InChI is InChI=1S/C15H23N3O/c1-5-8-18-12(4)15(11(3)17-18)13-7-9-19-14(13)10-16-6-2/h7,9,16H,5-6,8,10H2,1-4H3. The first-order valence-electron chi connectivity index (χ1n) is 7.00. The Labute approximate surface area is 114 Å². The van der Waals surface area contributed by atoms with Crippen LogP contribution in [0, 0.1) is 13.8 Å². The highest BCUT2D eigenvalue weighted by molar-refractivity contribution is 5.70. The largest absolute Gasteiger partial charge is 0.467 e. The van der Waals surface area contributed by atoms with Gasteiger partial charge in [-0.25, -0.2) is 0 Å². The van der Waals surface area contributed by atoms with E-state index in [1.54, 1.807) is 6.26 Å². The molecule has 0 unspecified atom stereocenters. The lowest BCUT2D eigenvalue weighted by atomic mass is 10.0. The van der Waals surface area contributed by atoms with E-state index < -0.39 is 0 Å². The van der Waals surface area contributed by atoms with E-state index in [0.29, 0.717) is 0 Å². The van der Waals surface area contributed by atoms with Gasteiger partial charge >= 0.3 is 0 Å². The molecule has 1 N–H and O–H groups in total. The van der Waals surface area contributed by atoms with Crippen molar-refractivity contribution in [2.24, 2.45) is 0 Å². The highest BCUT2D eigenvalue weighted by atomic mass is 16.3. The molecule has 0 aromatic carbocycles. The Balaban J connectivity index is 2.38. The Kier molecular flexibility index (Phi) is 4.43. The second kappa shape index (κ2) is 6.06. The molecule has 0 atom stereocenters. The number of rotatable bonds is 6. The van der Waals surface area contributed by atoms with Gasteiger partial charge in [-0.1, -0.05) is 13.8 Å². The molecule has 0 fully saturated rings. The van der Waals surface area contributed by atoms with Crippen LogP contribution in [0.15, 0.2) is 16.7 Å². The summed E-state index contributed by atoms with van der Waals surface area (Å²) in [6.45, 7) is 11.1. The molecule has 4 heteroatoms. The van der Waals surface area contributed by atoms with Crippen LogP contribution in [0.5, 0.6) is 0 Å². The van der Waals surface area contributed by atoms with Crippen LogP contribution in [-0.2, 0) is 13.1 Å². The van der Waals surface area contributed by atoms with Crippen LogP contribution in [0.25, 0.3) is 11.1 Å². The molecule has 4 nitrogen and oxygen atoms in total. The van der Waals surface area contributed by atoms with E-state index in [1.165, 1.54) is 16.8 Å². The van der Waals surface area contributed by atoms with E-state index >= 15 is 0 Å². The van der Waals surface area contributed by atoms with Gasteiger partial charge in [-0.3, -0.25) is 4.68 Å². The maximum Gasteiger partial charge on any atom is 0.125 e. The molecule has 0 spiro atoms. The molecule has 0 aliphatic rings. The van der Waals surface area contributed by atoms with Crippen LogP contribution in [-0.4, -0.2) is 16.3 Å². The second-order valence-electron chi connectivity index (χ2n) is 4.81. The van der Waals surface area contributed by atoms with Crippen molar-refractivity contribution in [1.82, 2.24) is 15.1 Å². The van der Waals surface area contributed by atoms with Gasteiger partial charge in [0.15, 0.2) is 0 Å². The number of aromatic nitrogens is 2. The van der Waals surface area contributed by atoms with Crippen molar-refractivity contribution >= 4 is 0 Å². The van der Waals surface area contributed by atoms with Crippen molar-refractivity contribution in [3.63, 3.8) is 0 Å².